The van der Waals surface area contributed by atoms with Crippen LogP contribution >= 0.6 is 11.8 Å². The second-order valence-corrected chi connectivity index (χ2v) is 5.80. The highest BCUT2D eigenvalue weighted by Crippen LogP contribution is 2.19. The van der Waals surface area contributed by atoms with Crippen molar-refractivity contribution in [3.8, 4) is 0 Å². The minimum Gasteiger partial charge on any atom is -0.456 e. The predicted molar refractivity (Wildman–Crippen MR) is 68.0 cm³/mol. The Kier molecular flexibility index (Phi) is 4.42. The zero-order chi connectivity index (χ0) is 12.2. The molecule has 2 nitrogen and oxygen atoms in total. The van der Waals surface area contributed by atoms with Crippen LogP contribution in [0.4, 0.5) is 0 Å². The van der Waals surface area contributed by atoms with Gasteiger partial charge in [-0.3, -0.25) is 0 Å². The summed E-state index contributed by atoms with van der Waals surface area (Å²) < 4.78 is 5.28. The van der Waals surface area contributed by atoms with Gasteiger partial charge in [-0.05, 0) is 50.8 Å². The second-order valence-electron chi connectivity index (χ2n) is 4.46. The zero-order valence-corrected chi connectivity index (χ0v) is 11.1. The molecular formula is C13H18O2S. The van der Waals surface area contributed by atoms with E-state index in [1.807, 2.05) is 45.0 Å². The Morgan fingerprint density at radius 3 is 2.25 bits per heavy atom. The first-order valence-electron chi connectivity index (χ1n) is 5.38. The normalized spacial score (nSPS) is 11.2. The Morgan fingerprint density at radius 1 is 1.25 bits per heavy atom. The molecule has 0 saturated carbocycles. The van der Waals surface area contributed by atoms with Gasteiger partial charge in [-0.1, -0.05) is 6.92 Å². The molecule has 1 aromatic carbocycles. The average molecular weight is 238 g/mol. The molecule has 88 valence electrons. The van der Waals surface area contributed by atoms with Gasteiger partial charge >= 0.3 is 5.97 Å². The molecule has 0 amide bonds. The summed E-state index contributed by atoms with van der Waals surface area (Å²) in [6.07, 6.45) is 0. The van der Waals surface area contributed by atoms with Gasteiger partial charge in [0.15, 0.2) is 0 Å². The molecule has 0 aromatic heterocycles. The summed E-state index contributed by atoms with van der Waals surface area (Å²) in [6.45, 7) is 7.71. The molecule has 16 heavy (non-hydrogen) atoms. The summed E-state index contributed by atoms with van der Waals surface area (Å²) in [5, 5.41) is 0. The highest BCUT2D eigenvalue weighted by Gasteiger charge is 2.17. The lowest BCUT2D eigenvalue weighted by Gasteiger charge is -2.19. The number of hydrogen-bond acceptors (Lipinski definition) is 3. The summed E-state index contributed by atoms with van der Waals surface area (Å²) in [6, 6.07) is 7.53. The van der Waals surface area contributed by atoms with E-state index in [2.05, 4.69) is 6.92 Å². The molecule has 3 heteroatoms. The molecule has 1 rings (SSSR count). The zero-order valence-electron chi connectivity index (χ0n) is 10.2. The Hall–Kier alpha value is -0.960. The van der Waals surface area contributed by atoms with Gasteiger partial charge in [-0.25, -0.2) is 4.79 Å². The molecule has 0 atom stereocenters. The molecule has 0 fully saturated rings. The molecule has 0 radical (unpaired) electrons. The highest BCUT2D eigenvalue weighted by molar-refractivity contribution is 7.99. The number of benzene rings is 1. The fourth-order valence-corrected chi connectivity index (χ4v) is 1.85. The molecule has 0 saturated heterocycles. The molecular weight excluding hydrogens is 220 g/mol. The summed E-state index contributed by atoms with van der Waals surface area (Å²) in [5.74, 6) is 0.770. The van der Waals surface area contributed by atoms with Crippen LogP contribution in [0.2, 0.25) is 0 Å². The van der Waals surface area contributed by atoms with Crippen molar-refractivity contribution in [2.75, 3.05) is 5.75 Å². The number of thioether (sulfide) groups is 1. The fraction of sp³-hybridized carbons (Fsp3) is 0.462. The fourth-order valence-electron chi connectivity index (χ4n) is 1.19. The third kappa shape index (κ3) is 4.27. The summed E-state index contributed by atoms with van der Waals surface area (Å²) in [7, 11) is 0. The lowest BCUT2D eigenvalue weighted by Crippen LogP contribution is -2.23. The largest absolute Gasteiger partial charge is 0.456 e. The summed E-state index contributed by atoms with van der Waals surface area (Å²) in [4.78, 5) is 12.9. The third-order valence-corrected chi connectivity index (χ3v) is 2.69. The smallest absolute Gasteiger partial charge is 0.338 e. The Labute approximate surface area is 101 Å². The van der Waals surface area contributed by atoms with Gasteiger partial charge < -0.3 is 4.74 Å². The average Bonchev–Trinajstić information content (AvgIpc) is 2.16. The van der Waals surface area contributed by atoms with Crippen LogP contribution in [0, 0.1) is 0 Å². The van der Waals surface area contributed by atoms with E-state index in [-0.39, 0.29) is 5.97 Å². The molecule has 0 bridgehead atoms. The van der Waals surface area contributed by atoms with E-state index in [1.165, 1.54) is 4.90 Å². The monoisotopic (exact) mass is 238 g/mol. The van der Waals surface area contributed by atoms with E-state index in [4.69, 9.17) is 4.74 Å². The van der Waals surface area contributed by atoms with Crippen LogP contribution in [0.5, 0.6) is 0 Å². The first-order chi connectivity index (χ1) is 7.42. The molecule has 0 aliphatic heterocycles. The quantitative estimate of drug-likeness (QED) is 0.592. The van der Waals surface area contributed by atoms with Crippen molar-refractivity contribution >= 4 is 17.7 Å². The molecule has 0 spiro atoms. The number of esters is 1. The van der Waals surface area contributed by atoms with E-state index in [0.29, 0.717) is 5.56 Å². The summed E-state index contributed by atoms with van der Waals surface area (Å²) in [5.41, 5.74) is 0.170. The van der Waals surface area contributed by atoms with Gasteiger partial charge in [0.25, 0.3) is 0 Å². The van der Waals surface area contributed by atoms with E-state index < -0.39 is 5.60 Å². The Balaban J connectivity index is 2.70. The maximum absolute atomic E-state index is 11.7. The minimum absolute atomic E-state index is 0.263. The molecule has 0 N–H and O–H groups in total. The maximum Gasteiger partial charge on any atom is 0.338 e. The van der Waals surface area contributed by atoms with Crippen molar-refractivity contribution in [3.05, 3.63) is 29.8 Å². The standard InChI is InChI=1S/C13H18O2S/c1-5-16-11-8-6-10(7-9-11)12(14)15-13(2,3)4/h6-9H,5H2,1-4H3. The lowest BCUT2D eigenvalue weighted by atomic mass is 10.2. The van der Waals surface area contributed by atoms with Crippen LogP contribution in [-0.4, -0.2) is 17.3 Å². The van der Waals surface area contributed by atoms with Crippen molar-refractivity contribution in [3.63, 3.8) is 0 Å². The topological polar surface area (TPSA) is 26.3 Å². The van der Waals surface area contributed by atoms with Crippen LogP contribution in [0.25, 0.3) is 0 Å². The van der Waals surface area contributed by atoms with Gasteiger partial charge in [0.2, 0.25) is 0 Å². The van der Waals surface area contributed by atoms with Crippen molar-refractivity contribution in [2.45, 2.75) is 38.2 Å². The van der Waals surface area contributed by atoms with Crippen molar-refractivity contribution in [1.29, 1.82) is 0 Å². The van der Waals surface area contributed by atoms with Crippen LogP contribution in [0.15, 0.2) is 29.2 Å². The van der Waals surface area contributed by atoms with Crippen LogP contribution in [0.3, 0.4) is 0 Å². The van der Waals surface area contributed by atoms with Crippen molar-refractivity contribution < 1.29 is 9.53 Å². The third-order valence-electron chi connectivity index (χ3n) is 1.80. The Bertz CT molecular complexity index is 349. The molecule has 0 heterocycles. The number of hydrogen-bond donors (Lipinski definition) is 0. The number of carbonyl (C=O) groups excluding carboxylic acids is 1. The van der Waals surface area contributed by atoms with Crippen molar-refractivity contribution in [1.82, 2.24) is 0 Å². The SMILES string of the molecule is CCSc1ccc(C(=O)OC(C)(C)C)cc1. The lowest BCUT2D eigenvalue weighted by molar-refractivity contribution is 0.00695. The van der Waals surface area contributed by atoms with Crippen LogP contribution in [0.1, 0.15) is 38.1 Å². The Morgan fingerprint density at radius 2 is 1.81 bits per heavy atom. The maximum atomic E-state index is 11.7. The van der Waals surface area contributed by atoms with Gasteiger partial charge in [0, 0.05) is 4.90 Å². The van der Waals surface area contributed by atoms with E-state index in [0.717, 1.165) is 5.75 Å². The minimum atomic E-state index is -0.437. The van der Waals surface area contributed by atoms with Gasteiger partial charge in [-0.15, -0.1) is 11.8 Å². The first kappa shape index (κ1) is 13.1. The number of ether oxygens (including phenoxy) is 1. The van der Waals surface area contributed by atoms with Crippen LogP contribution < -0.4 is 0 Å². The predicted octanol–water partition coefficient (Wildman–Crippen LogP) is 3.75. The van der Waals surface area contributed by atoms with E-state index in [1.54, 1.807) is 11.8 Å². The van der Waals surface area contributed by atoms with Crippen molar-refractivity contribution in [2.24, 2.45) is 0 Å². The first-order valence-corrected chi connectivity index (χ1v) is 6.37. The van der Waals surface area contributed by atoms with E-state index >= 15 is 0 Å². The highest BCUT2D eigenvalue weighted by atomic mass is 32.2. The van der Waals surface area contributed by atoms with Gasteiger partial charge in [0.05, 0.1) is 5.56 Å². The van der Waals surface area contributed by atoms with E-state index in [9.17, 15) is 4.79 Å². The van der Waals surface area contributed by atoms with Gasteiger partial charge in [0.1, 0.15) is 5.60 Å². The summed E-state index contributed by atoms with van der Waals surface area (Å²) >= 11 is 1.76. The molecule has 0 aliphatic carbocycles. The molecule has 1 aromatic rings. The molecule has 0 aliphatic rings. The molecule has 0 unspecified atom stereocenters. The second kappa shape index (κ2) is 5.39. The number of rotatable bonds is 3. The van der Waals surface area contributed by atoms with Crippen LogP contribution in [-0.2, 0) is 4.74 Å². The number of carbonyl (C=O) groups is 1. The van der Waals surface area contributed by atoms with Gasteiger partial charge in [-0.2, -0.15) is 0 Å².